The minimum absolute atomic E-state index is 0.100. The van der Waals surface area contributed by atoms with Gasteiger partial charge in [-0.05, 0) is 127 Å². The molecule has 0 radical (unpaired) electrons. The molecule has 1 nitrogen and oxygen atoms in total. The molecule has 0 N–H and O–H groups in total. The van der Waals surface area contributed by atoms with Crippen LogP contribution in [0.1, 0.15) is 25.0 Å². The van der Waals surface area contributed by atoms with E-state index in [4.69, 9.17) is 0 Å². The maximum absolute atomic E-state index is 2.44. The Morgan fingerprint density at radius 3 is 1.15 bits per heavy atom. The Kier molecular flexibility index (Phi) is 6.55. The quantitative estimate of drug-likeness (QED) is 0.169. The zero-order valence-corrected chi connectivity index (χ0v) is 27.2. The van der Waals surface area contributed by atoms with Crippen LogP contribution in [0.15, 0.2) is 176 Å². The third-order valence-electron chi connectivity index (χ3n) is 10.2. The van der Waals surface area contributed by atoms with E-state index in [2.05, 4.69) is 195 Å². The van der Waals surface area contributed by atoms with Crippen LogP contribution in [-0.2, 0) is 5.41 Å². The number of anilines is 3. The molecule has 228 valence electrons. The van der Waals surface area contributed by atoms with E-state index >= 15 is 0 Å². The fourth-order valence-electron chi connectivity index (χ4n) is 7.69. The van der Waals surface area contributed by atoms with Gasteiger partial charge < -0.3 is 4.90 Å². The topological polar surface area (TPSA) is 3.24 Å². The fraction of sp³-hybridized carbons (Fsp3) is 0.0638. The Hall–Kier alpha value is -5.92. The second-order valence-corrected chi connectivity index (χ2v) is 13.4. The largest absolute Gasteiger partial charge is 0.311 e. The van der Waals surface area contributed by atoms with E-state index < -0.39 is 0 Å². The highest BCUT2D eigenvalue weighted by Gasteiger charge is 2.35. The molecule has 48 heavy (non-hydrogen) atoms. The minimum Gasteiger partial charge on any atom is -0.311 e. The van der Waals surface area contributed by atoms with E-state index in [9.17, 15) is 0 Å². The van der Waals surface area contributed by atoms with Gasteiger partial charge in [-0.25, -0.2) is 0 Å². The summed E-state index contributed by atoms with van der Waals surface area (Å²) in [5.41, 5.74) is 13.6. The first-order valence-electron chi connectivity index (χ1n) is 16.8. The van der Waals surface area contributed by atoms with Gasteiger partial charge in [-0.2, -0.15) is 0 Å². The average molecular weight is 614 g/mol. The van der Waals surface area contributed by atoms with Crippen molar-refractivity contribution in [2.24, 2.45) is 0 Å². The zero-order valence-electron chi connectivity index (χ0n) is 27.2. The Morgan fingerprint density at radius 2 is 0.688 bits per heavy atom. The van der Waals surface area contributed by atoms with E-state index in [0.29, 0.717) is 0 Å². The van der Waals surface area contributed by atoms with Crippen LogP contribution in [0.3, 0.4) is 0 Å². The molecule has 0 aromatic heterocycles. The molecule has 8 aromatic rings. The first-order chi connectivity index (χ1) is 23.5. The number of rotatable bonds is 6. The Labute approximate surface area is 282 Å². The molecule has 1 aliphatic rings. The molecule has 0 amide bonds. The van der Waals surface area contributed by atoms with E-state index in [-0.39, 0.29) is 5.41 Å². The fourth-order valence-corrected chi connectivity index (χ4v) is 7.69. The molecular weight excluding hydrogens is 579 g/mol. The summed E-state index contributed by atoms with van der Waals surface area (Å²) in [5, 5.41) is 5.44. The lowest BCUT2D eigenvalue weighted by Gasteiger charge is -2.26. The van der Waals surface area contributed by atoms with Crippen LogP contribution >= 0.6 is 0 Å². The van der Waals surface area contributed by atoms with Gasteiger partial charge in [-0.1, -0.05) is 129 Å². The van der Waals surface area contributed by atoms with Gasteiger partial charge in [0.05, 0.1) is 0 Å². The van der Waals surface area contributed by atoms with Crippen LogP contribution in [0.5, 0.6) is 0 Å². The Bertz CT molecular complexity index is 2420. The maximum atomic E-state index is 2.44. The predicted octanol–water partition coefficient (Wildman–Crippen LogP) is 13.1. The van der Waals surface area contributed by atoms with Crippen molar-refractivity contribution in [3.8, 4) is 33.4 Å². The van der Waals surface area contributed by atoms with Crippen LogP contribution in [0.4, 0.5) is 17.1 Å². The van der Waals surface area contributed by atoms with Crippen molar-refractivity contribution in [1.29, 1.82) is 0 Å². The molecule has 9 rings (SSSR count). The summed E-state index contributed by atoms with van der Waals surface area (Å²) in [6.07, 6.45) is 0. The number of benzene rings is 8. The van der Waals surface area contributed by atoms with Gasteiger partial charge in [0.2, 0.25) is 0 Å². The normalized spacial score (nSPS) is 13.0. The molecule has 0 spiro atoms. The first-order valence-corrected chi connectivity index (χ1v) is 16.8. The molecule has 0 bridgehead atoms. The van der Waals surface area contributed by atoms with E-state index in [1.807, 2.05) is 0 Å². The number of nitrogens with zero attached hydrogens (tertiary/aromatic N) is 1. The van der Waals surface area contributed by atoms with Crippen LogP contribution in [0.25, 0.3) is 54.9 Å². The van der Waals surface area contributed by atoms with E-state index in [1.165, 1.54) is 66.1 Å². The molecule has 1 heteroatoms. The summed E-state index contributed by atoms with van der Waals surface area (Å²) in [4.78, 5) is 2.33. The zero-order chi connectivity index (χ0) is 32.2. The van der Waals surface area contributed by atoms with Crippen molar-refractivity contribution in [3.05, 3.63) is 187 Å². The lowest BCUT2D eigenvalue weighted by Crippen LogP contribution is -2.15. The van der Waals surface area contributed by atoms with Crippen molar-refractivity contribution in [2.75, 3.05) is 4.90 Å². The summed E-state index contributed by atoms with van der Waals surface area (Å²) < 4.78 is 0. The van der Waals surface area contributed by atoms with Crippen molar-refractivity contribution in [3.63, 3.8) is 0 Å². The monoisotopic (exact) mass is 613 g/mol. The first kappa shape index (κ1) is 28.3. The van der Waals surface area contributed by atoms with Gasteiger partial charge in [0.1, 0.15) is 0 Å². The molecule has 0 atom stereocenters. The summed E-state index contributed by atoms with van der Waals surface area (Å²) in [5.74, 6) is 0. The van der Waals surface area contributed by atoms with Crippen LogP contribution < -0.4 is 4.90 Å². The highest BCUT2D eigenvalue weighted by molar-refractivity contribution is 6.16. The van der Waals surface area contributed by atoms with Gasteiger partial charge in [-0.3, -0.25) is 0 Å². The van der Waals surface area contributed by atoms with Gasteiger partial charge in [-0.15, -0.1) is 0 Å². The number of hydrogen-bond donors (Lipinski definition) is 0. The summed E-state index contributed by atoms with van der Waals surface area (Å²) in [6, 6.07) is 64.1. The van der Waals surface area contributed by atoms with Gasteiger partial charge in [0, 0.05) is 22.5 Å². The molecule has 8 aromatic carbocycles. The molecule has 0 unspecified atom stereocenters. The smallest absolute Gasteiger partial charge is 0.0462 e. The summed E-state index contributed by atoms with van der Waals surface area (Å²) >= 11 is 0. The third-order valence-corrected chi connectivity index (χ3v) is 10.2. The highest BCUT2D eigenvalue weighted by Crippen LogP contribution is 2.51. The van der Waals surface area contributed by atoms with Gasteiger partial charge >= 0.3 is 0 Å². The van der Waals surface area contributed by atoms with Crippen molar-refractivity contribution < 1.29 is 0 Å². The summed E-state index contributed by atoms with van der Waals surface area (Å²) in [6.45, 7) is 4.78. The van der Waals surface area contributed by atoms with Crippen molar-refractivity contribution in [2.45, 2.75) is 19.3 Å². The average Bonchev–Trinajstić information content (AvgIpc) is 3.38. The van der Waals surface area contributed by atoms with Crippen LogP contribution in [0.2, 0.25) is 0 Å². The molecule has 1 aliphatic carbocycles. The second-order valence-electron chi connectivity index (χ2n) is 13.4. The molecule has 0 fully saturated rings. The van der Waals surface area contributed by atoms with E-state index in [1.54, 1.807) is 0 Å². The van der Waals surface area contributed by atoms with Crippen molar-refractivity contribution in [1.82, 2.24) is 0 Å². The minimum atomic E-state index is -0.100. The second kappa shape index (κ2) is 11.1. The van der Waals surface area contributed by atoms with Gasteiger partial charge in [0.15, 0.2) is 0 Å². The van der Waals surface area contributed by atoms with Crippen LogP contribution in [0, 0.1) is 0 Å². The molecular formula is C47H35N. The molecule has 0 heterocycles. The van der Waals surface area contributed by atoms with Crippen LogP contribution in [-0.4, -0.2) is 0 Å². The molecule has 0 saturated heterocycles. The summed E-state index contributed by atoms with van der Waals surface area (Å²) in [7, 11) is 0. The standard InChI is InChI=1S/C47H35N/c1-47(2)43-30-38(33-14-8-4-9-15-33)28-36-18-19-37-29-39(31-44(47)46(37)45(36)43)35-22-26-42(27-23-35)48(40-16-10-5-11-17-40)41-24-20-34(21-25-41)32-12-6-3-7-13-32/h3-31H,1-2H3. The lowest BCUT2D eigenvalue weighted by atomic mass is 9.80. The molecule has 0 aliphatic heterocycles. The third kappa shape index (κ3) is 4.62. The van der Waals surface area contributed by atoms with E-state index in [0.717, 1.165) is 17.1 Å². The predicted molar refractivity (Wildman–Crippen MR) is 205 cm³/mol. The van der Waals surface area contributed by atoms with Gasteiger partial charge in [0.25, 0.3) is 0 Å². The van der Waals surface area contributed by atoms with Crippen molar-refractivity contribution >= 4 is 38.6 Å². The Balaban J connectivity index is 1.10. The molecule has 0 saturated carbocycles. The highest BCUT2D eigenvalue weighted by atomic mass is 15.1. The number of para-hydroxylation sites is 1. The SMILES string of the molecule is CC1(C)c2cc(-c3ccccc3)cc3ccc4cc(-c5ccc(N(c6ccccc6)c6ccc(-c7ccccc7)cc6)cc5)cc1c4c23. The number of hydrogen-bond acceptors (Lipinski definition) is 1. The lowest BCUT2D eigenvalue weighted by molar-refractivity contribution is 0.663. The Morgan fingerprint density at radius 1 is 0.333 bits per heavy atom. The maximum Gasteiger partial charge on any atom is 0.0462 e.